The largest absolute Gasteiger partial charge is 0.395 e. The van der Waals surface area contributed by atoms with E-state index in [9.17, 15) is 4.79 Å². The van der Waals surface area contributed by atoms with Gasteiger partial charge in [0.2, 0.25) is 0 Å². The molecule has 0 aliphatic rings. The average Bonchev–Trinajstić information content (AvgIpc) is 2.81. The number of aliphatic hydroxyl groups is 1. The predicted molar refractivity (Wildman–Crippen MR) is 82.9 cm³/mol. The van der Waals surface area contributed by atoms with E-state index < -0.39 is 0 Å². The van der Waals surface area contributed by atoms with Crippen LogP contribution in [0.1, 0.15) is 39.9 Å². The summed E-state index contributed by atoms with van der Waals surface area (Å²) in [6.07, 6.45) is 1.96. The van der Waals surface area contributed by atoms with Gasteiger partial charge >= 0.3 is 0 Å². The van der Waals surface area contributed by atoms with Crippen LogP contribution in [0.3, 0.4) is 0 Å². The van der Waals surface area contributed by atoms with E-state index in [1.807, 2.05) is 13.0 Å². The van der Waals surface area contributed by atoms with Crippen molar-refractivity contribution in [1.82, 2.24) is 4.90 Å². The molecule has 1 rings (SSSR count). The summed E-state index contributed by atoms with van der Waals surface area (Å²) in [4.78, 5) is 15.7. The molecule has 1 aromatic rings. The van der Waals surface area contributed by atoms with E-state index in [4.69, 9.17) is 10.8 Å². The zero-order valence-electron chi connectivity index (χ0n) is 12.1. The average molecular weight is 294 g/mol. The number of rotatable bonds is 6. The number of hydrogen-bond donors (Lipinski definition) is 2. The Bertz CT molecular complexity index is 500. The predicted octanol–water partition coefficient (Wildman–Crippen LogP) is 1.60. The maximum atomic E-state index is 12.4. The second kappa shape index (κ2) is 8.75. The molecule has 0 aliphatic heterocycles. The van der Waals surface area contributed by atoms with Crippen LogP contribution in [0.4, 0.5) is 0 Å². The van der Waals surface area contributed by atoms with Crippen LogP contribution in [0.2, 0.25) is 0 Å². The molecular formula is C15H22N2O2S. The molecule has 110 valence electrons. The van der Waals surface area contributed by atoms with Gasteiger partial charge in [-0.25, -0.2) is 0 Å². The number of unbranched alkanes of at least 4 members (excludes halogenated alkanes) is 1. The minimum Gasteiger partial charge on any atom is -0.395 e. The van der Waals surface area contributed by atoms with Crippen LogP contribution in [0.15, 0.2) is 6.07 Å². The lowest BCUT2D eigenvalue weighted by molar-refractivity contribution is 0.0724. The van der Waals surface area contributed by atoms with E-state index in [2.05, 4.69) is 18.8 Å². The molecule has 1 amide bonds. The molecule has 0 saturated carbocycles. The van der Waals surface area contributed by atoms with Gasteiger partial charge in [0, 0.05) is 13.1 Å². The van der Waals surface area contributed by atoms with Crippen LogP contribution in [-0.4, -0.2) is 42.2 Å². The van der Waals surface area contributed by atoms with Crippen LogP contribution in [0, 0.1) is 18.8 Å². The topological polar surface area (TPSA) is 66.6 Å². The van der Waals surface area contributed by atoms with Gasteiger partial charge in [-0.1, -0.05) is 25.2 Å². The Kier molecular flexibility index (Phi) is 7.31. The molecule has 0 aliphatic carbocycles. The van der Waals surface area contributed by atoms with E-state index in [1.54, 1.807) is 4.90 Å². The van der Waals surface area contributed by atoms with Gasteiger partial charge in [0.05, 0.1) is 22.9 Å². The summed E-state index contributed by atoms with van der Waals surface area (Å²) in [7, 11) is 0. The summed E-state index contributed by atoms with van der Waals surface area (Å²) >= 11 is 1.39. The van der Waals surface area contributed by atoms with Crippen LogP contribution in [0.5, 0.6) is 0 Å². The van der Waals surface area contributed by atoms with Gasteiger partial charge in [0.15, 0.2) is 0 Å². The van der Waals surface area contributed by atoms with Gasteiger partial charge < -0.3 is 15.7 Å². The monoisotopic (exact) mass is 294 g/mol. The number of aryl methyl sites for hydroxylation is 1. The van der Waals surface area contributed by atoms with E-state index in [-0.39, 0.29) is 12.5 Å². The molecule has 0 spiro atoms. The third-order valence-electron chi connectivity index (χ3n) is 2.87. The van der Waals surface area contributed by atoms with E-state index >= 15 is 0 Å². The summed E-state index contributed by atoms with van der Waals surface area (Å²) in [5.41, 5.74) is 6.36. The Morgan fingerprint density at radius 1 is 1.50 bits per heavy atom. The fraction of sp³-hybridized carbons (Fsp3) is 0.533. The molecule has 0 unspecified atom stereocenters. The van der Waals surface area contributed by atoms with Crippen molar-refractivity contribution in [1.29, 1.82) is 0 Å². The molecule has 5 heteroatoms. The molecule has 1 heterocycles. The minimum absolute atomic E-state index is 0.0142. The highest BCUT2D eigenvalue weighted by Crippen LogP contribution is 2.22. The lowest BCUT2D eigenvalue weighted by Crippen LogP contribution is -2.33. The van der Waals surface area contributed by atoms with E-state index in [0.29, 0.717) is 24.5 Å². The number of nitrogens with two attached hydrogens (primary N) is 1. The maximum Gasteiger partial charge on any atom is 0.264 e. The van der Waals surface area contributed by atoms with Crippen molar-refractivity contribution in [3.8, 4) is 11.8 Å². The van der Waals surface area contributed by atoms with Crippen molar-refractivity contribution < 1.29 is 9.90 Å². The van der Waals surface area contributed by atoms with Gasteiger partial charge in [-0.15, -0.1) is 11.3 Å². The molecule has 0 bridgehead atoms. The van der Waals surface area contributed by atoms with Crippen LogP contribution in [-0.2, 0) is 0 Å². The van der Waals surface area contributed by atoms with Gasteiger partial charge in [-0.3, -0.25) is 4.79 Å². The van der Waals surface area contributed by atoms with Crippen molar-refractivity contribution in [3.63, 3.8) is 0 Å². The molecule has 3 N–H and O–H groups in total. The molecule has 0 fully saturated rings. The lowest BCUT2D eigenvalue weighted by Gasteiger charge is -2.20. The first-order chi connectivity index (χ1) is 9.63. The SMILES string of the molecule is CCCCN(CCO)C(=O)c1cc(C)c(C#CCN)s1. The summed E-state index contributed by atoms with van der Waals surface area (Å²) in [5, 5.41) is 9.08. The quantitative estimate of drug-likeness (QED) is 0.783. The Morgan fingerprint density at radius 2 is 2.25 bits per heavy atom. The van der Waals surface area contributed by atoms with Crippen LogP contribution < -0.4 is 5.73 Å². The van der Waals surface area contributed by atoms with Gasteiger partial charge in [-0.05, 0) is 25.0 Å². The smallest absolute Gasteiger partial charge is 0.264 e. The zero-order chi connectivity index (χ0) is 15.0. The van der Waals surface area contributed by atoms with E-state index in [0.717, 1.165) is 23.3 Å². The highest BCUT2D eigenvalue weighted by Gasteiger charge is 2.18. The number of hydrogen-bond acceptors (Lipinski definition) is 4. The Morgan fingerprint density at radius 3 is 2.85 bits per heavy atom. The number of amides is 1. The fourth-order valence-corrected chi connectivity index (χ4v) is 2.80. The molecular weight excluding hydrogens is 272 g/mol. The summed E-state index contributed by atoms with van der Waals surface area (Å²) in [6, 6.07) is 1.86. The lowest BCUT2D eigenvalue weighted by atomic mass is 10.2. The molecule has 0 aromatic carbocycles. The summed E-state index contributed by atoms with van der Waals surface area (Å²) in [6.45, 7) is 5.37. The van der Waals surface area contributed by atoms with Gasteiger partial charge in [0.1, 0.15) is 0 Å². The number of carbonyl (C=O) groups excluding carboxylic acids is 1. The van der Waals surface area contributed by atoms with Crippen molar-refractivity contribution in [2.75, 3.05) is 26.2 Å². The first-order valence-electron chi connectivity index (χ1n) is 6.83. The van der Waals surface area contributed by atoms with Crippen molar-refractivity contribution in [2.24, 2.45) is 5.73 Å². The van der Waals surface area contributed by atoms with Crippen molar-refractivity contribution in [2.45, 2.75) is 26.7 Å². The molecule has 0 radical (unpaired) electrons. The third-order valence-corrected chi connectivity index (χ3v) is 4.01. The molecule has 1 aromatic heterocycles. The second-order valence-corrected chi connectivity index (χ2v) is 5.55. The first-order valence-corrected chi connectivity index (χ1v) is 7.65. The Balaban J connectivity index is 2.88. The molecule has 20 heavy (non-hydrogen) atoms. The van der Waals surface area contributed by atoms with Crippen LogP contribution in [0.25, 0.3) is 0 Å². The number of carbonyl (C=O) groups is 1. The highest BCUT2D eigenvalue weighted by molar-refractivity contribution is 7.14. The summed E-state index contributed by atoms with van der Waals surface area (Å²) in [5.74, 6) is 5.77. The Labute approximate surface area is 124 Å². The standard InChI is InChI=1S/C15H22N2O2S/c1-3-4-8-17(9-10-18)15(19)14-11-12(2)13(20-14)6-5-7-16/h11,18H,3-4,7-10,16H2,1-2H3. The second-order valence-electron chi connectivity index (χ2n) is 4.50. The molecule has 4 nitrogen and oxygen atoms in total. The number of aliphatic hydroxyl groups excluding tert-OH is 1. The van der Waals surface area contributed by atoms with Crippen LogP contribution >= 0.6 is 11.3 Å². The van der Waals surface area contributed by atoms with E-state index in [1.165, 1.54) is 11.3 Å². The fourth-order valence-electron chi connectivity index (χ4n) is 1.78. The van der Waals surface area contributed by atoms with Crippen molar-refractivity contribution >= 4 is 17.2 Å². The zero-order valence-corrected chi connectivity index (χ0v) is 12.9. The van der Waals surface area contributed by atoms with Crippen molar-refractivity contribution in [3.05, 3.63) is 21.4 Å². The maximum absolute atomic E-state index is 12.4. The first kappa shape index (κ1) is 16.7. The Hall–Kier alpha value is -1.35. The van der Waals surface area contributed by atoms with Gasteiger partial charge in [0.25, 0.3) is 5.91 Å². The summed E-state index contributed by atoms with van der Waals surface area (Å²) < 4.78 is 0. The number of thiophene rings is 1. The minimum atomic E-state index is -0.0265. The molecule has 0 atom stereocenters. The number of nitrogens with zero attached hydrogens (tertiary/aromatic N) is 1. The normalized spacial score (nSPS) is 10.0. The van der Waals surface area contributed by atoms with Gasteiger partial charge in [-0.2, -0.15) is 0 Å². The highest BCUT2D eigenvalue weighted by atomic mass is 32.1. The molecule has 0 saturated heterocycles. The third kappa shape index (κ3) is 4.64.